The molecule has 1 fully saturated rings. The predicted molar refractivity (Wildman–Crippen MR) is 65.7 cm³/mol. The first-order valence-electron chi connectivity index (χ1n) is 6.12. The highest BCUT2D eigenvalue weighted by Gasteiger charge is 2.18. The summed E-state index contributed by atoms with van der Waals surface area (Å²) in [4.78, 5) is 0. The van der Waals surface area contributed by atoms with Crippen molar-refractivity contribution >= 4 is 5.82 Å². The zero-order valence-electron chi connectivity index (χ0n) is 9.87. The highest BCUT2D eigenvalue weighted by atomic mass is 15.2. The van der Waals surface area contributed by atoms with Crippen molar-refractivity contribution in [3.05, 3.63) is 17.8 Å². The van der Waals surface area contributed by atoms with Crippen LogP contribution in [0.2, 0.25) is 0 Å². The van der Waals surface area contributed by atoms with Crippen molar-refractivity contribution in [3.8, 4) is 0 Å². The van der Waals surface area contributed by atoms with Crippen LogP contribution in [0.15, 0.2) is 12.1 Å². The number of nitrogens with one attached hydrogen (secondary N) is 2. The minimum atomic E-state index is 0.652. The molecule has 0 unspecified atom stereocenters. The molecule has 0 atom stereocenters. The van der Waals surface area contributed by atoms with Crippen molar-refractivity contribution in [1.82, 2.24) is 15.5 Å². The monoisotopic (exact) mass is 220 g/mol. The van der Waals surface area contributed by atoms with E-state index in [2.05, 4.69) is 26.9 Å². The molecule has 1 aliphatic carbocycles. The number of rotatable bonds is 5. The standard InChI is InChI=1S/C12H20N4/c1-13-8-9-14-12-7-6-11(15-16-12)10-4-2-3-5-10/h6-7,10,13H,2-5,8-9H2,1H3,(H,14,16). The van der Waals surface area contributed by atoms with Gasteiger partial charge in [-0.25, -0.2) is 0 Å². The molecule has 4 heteroatoms. The van der Waals surface area contributed by atoms with Gasteiger partial charge in [-0.15, -0.1) is 5.10 Å². The Balaban J connectivity index is 1.88. The number of aromatic nitrogens is 2. The van der Waals surface area contributed by atoms with Gasteiger partial charge < -0.3 is 10.6 Å². The van der Waals surface area contributed by atoms with Crippen LogP contribution in [0.1, 0.15) is 37.3 Å². The maximum absolute atomic E-state index is 4.31. The molecule has 4 nitrogen and oxygen atoms in total. The van der Waals surface area contributed by atoms with Gasteiger partial charge in [-0.2, -0.15) is 5.10 Å². The summed E-state index contributed by atoms with van der Waals surface area (Å²) in [6.45, 7) is 1.82. The fraction of sp³-hybridized carbons (Fsp3) is 0.667. The number of likely N-dealkylation sites (N-methyl/N-ethyl adjacent to an activating group) is 1. The van der Waals surface area contributed by atoms with Gasteiger partial charge >= 0.3 is 0 Å². The molecule has 0 spiro atoms. The van der Waals surface area contributed by atoms with E-state index in [1.54, 1.807) is 0 Å². The van der Waals surface area contributed by atoms with Crippen LogP contribution < -0.4 is 10.6 Å². The fourth-order valence-corrected chi connectivity index (χ4v) is 2.19. The van der Waals surface area contributed by atoms with Gasteiger partial charge in [-0.3, -0.25) is 0 Å². The minimum absolute atomic E-state index is 0.652. The number of nitrogens with zero attached hydrogens (tertiary/aromatic N) is 2. The number of hydrogen-bond donors (Lipinski definition) is 2. The Kier molecular flexibility index (Phi) is 4.10. The van der Waals surface area contributed by atoms with Crippen LogP contribution in [0.3, 0.4) is 0 Å². The van der Waals surface area contributed by atoms with Gasteiger partial charge in [0.2, 0.25) is 0 Å². The lowest BCUT2D eigenvalue weighted by atomic mass is 10.0. The van der Waals surface area contributed by atoms with Crippen LogP contribution in [0, 0.1) is 0 Å². The molecular weight excluding hydrogens is 200 g/mol. The molecular formula is C12H20N4. The first-order valence-corrected chi connectivity index (χ1v) is 6.12. The van der Waals surface area contributed by atoms with Crippen LogP contribution in [0.25, 0.3) is 0 Å². The van der Waals surface area contributed by atoms with Crippen molar-refractivity contribution in [1.29, 1.82) is 0 Å². The number of anilines is 1. The minimum Gasteiger partial charge on any atom is -0.367 e. The Hall–Kier alpha value is -1.16. The summed E-state index contributed by atoms with van der Waals surface area (Å²) >= 11 is 0. The highest BCUT2D eigenvalue weighted by Crippen LogP contribution is 2.32. The van der Waals surface area contributed by atoms with Crippen LogP contribution >= 0.6 is 0 Å². The third-order valence-electron chi connectivity index (χ3n) is 3.14. The third kappa shape index (κ3) is 2.92. The Labute approximate surface area is 96.9 Å². The van der Waals surface area contributed by atoms with Gasteiger partial charge in [0, 0.05) is 19.0 Å². The van der Waals surface area contributed by atoms with E-state index in [0.717, 1.165) is 24.6 Å². The van der Waals surface area contributed by atoms with Crippen molar-refractivity contribution < 1.29 is 0 Å². The van der Waals surface area contributed by atoms with Crippen LogP contribution in [0.4, 0.5) is 5.82 Å². The molecule has 1 saturated carbocycles. The lowest BCUT2D eigenvalue weighted by Gasteiger charge is -2.08. The van der Waals surface area contributed by atoms with Crippen molar-refractivity contribution in [2.45, 2.75) is 31.6 Å². The second-order valence-electron chi connectivity index (χ2n) is 4.36. The SMILES string of the molecule is CNCCNc1ccc(C2CCCC2)nn1. The molecule has 0 bridgehead atoms. The van der Waals surface area contributed by atoms with Crippen LogP contribution in [0.5, 0.6) is 0 Å². The summed E-state index contributed by atoms with van der Waals surface area (Å²) in [6, 6.07) is 4.15. The van der Waals surface area contributed by atoms with E-state index in [4.69, 9.17) is 0 Å². The Morgan fingerprint density at radius 3 is 2.62 bits per heavy atom. The summed E-state index contributed by atoms with van der Waals surface area (Å²) < 4.78 is 0. The topological polar surface area (TPSA) is 49.8 Å². The maximum atomic E-state index is 4.31. The molecule has 0 radical (unpaired) electrons. The quantitative estimate of drug-likeness (QED) is 0.742. The summed E-state index contributed by atoms with van der Waals surface area (Å²) in [6.07, 6.45) is 5.24. The highest BCUT2D eigenvalue weighted by molar-refractivity contribution is 5.33. The first kappa shape index (κ1) is 11.3. The molecule has 1 aromatic rings. The normalized spacial score (nSPS) is 16.6. The Morgan fingerprint density at radius 2 is 2.00 bits per heavy atom. The molecule has 0 amide bonds. The van der Waals surface area contributed by atoms with Gasteiger partial charge in [-0.05, 0) is 32.0 Å². The van der Waals surface area contributed by atoms with E-state index in [-0.39, 0.29) is 0 Å². The average molecular weight is 220 g/mol. The van der Waals surface area contributed by atoms with Gasteiger partial charge in [0.15, 0.2) is 0 Å². The largest absolute Gasteiger partial charge is 0.367 e. The summed E-state index contributed by atoms with van der Waals surface area (Å²) in [5.41, 5.74) is 1.16. The Morgan fingerprint density at radius 1 is 1.19 bits per heavy atom. The predicted octanol–water partition coefficient (Wildman–Crippen LogP) is 1.77. The Bertz CT molecular complexity index is 303. The molecule has 1 heterocycles. The van der Waals surface area contributed by atoms with Gasteiger partial charge in [0.05, 0.1) is 5.69 Å². The van der Waals surface area contributed by atoms with E-state index in [9.17, 15) is 0 Å². The molecule has 2 N–H and O–H groups in total. The maximum Gasteiger partial charge on any atom is 0.148 e. The van der Waals surface area contributed by atoms with Gasteiger partial charge in [0.25, 0.3) is 0 Å². The smallest absolute Gasteiger partial charge is 0.148 e. The van der Waals surface area contributed by atoms with Crippen LogP contribution in [-0.2, 0) is 0 Å². The zero-order chi connectivity index (χ0) is 11.2. The second-order valence-corrected chi connectivity index (χ2v) is 4.36. The molecule has 0 aromatic carbocycles. The summed E-state index contributed by atoms with van der Waals surface area (Å²) in [7, 11) is 1.94. The molecule has 0 aliphatic heterocycles. The van der Waals surface area contributed by atoms with Crippen molar-refractivity contribution in [2.75, 3.05) is 25.5 Å². The second kappa shape index (κ2) is 5.80. The lowest BCUT2D eigenvalue weighted by Crippen LogP contribution is -2.18. The van der Waals surface area contributed by atoms with Crippen molar-refractivity contribution in [3.63, 3.8) is 0 Å². The number of hydrogen-bond acceptors (Lipinski definition) is 4. The molecule has 16 heavy (non-hydrogen) atoms. The molecule has 1 aromatic heterocycles. The van der Waals surface area contributed by atoms with E-state index in [1.165, 1.54) is 25.7 Å². The fourth-order valence-electron chi connectivity index (χ4n) is 2.19. The lowest BCUT2D eigenvalue weighted by molar-refractivity contribution is 0.680. The average Bonchev–Trinajstić information content (AvgIpc) is 2.84. The van der Waals surface area contributed by atoms with Gasteiger partial charge in [-0.1, -0.05) is 12.8 Å². The molecule has 1 aliphatic rings. The zero-order valence-corrected chi connectivity index (χ0v) is 9.87. The van der Waals surface area contributed by atoms with Crippen molar-refractivity contribution in [2.24, 2.45) is 0 Å². The van der Waals surface area contributed by atoms with E-state index >= 15 is 0 Å². The molecule has 0 saturated heterocycles. The van der Waals surface area contributed by atoms with Crippen LogP contribution in [-0.4, -0.2) is 30.3 Å². The first-order chi connectivity index (χ1) is 7.90. The van der Waals surface area contributed by atoms with Gasteiger partial charge in [0.1, 0.15) is 5.82 Å². The molecule has 88 valence electrons. The van der Waals surface area contributed by atoms with E-state index < -0.39 is 0 Å². The molecule has 2 rings (SSSR count). The summed E-state index contributed by atoms with van der Waals surface area (Å²) in [5.74, 6) is 1.52. The van der Waals surface area contributed by atoms with E-state index in [0.29, 0.717) is 5.92 Å². The van der Waals surface area contributed by atoms with E-state index in [1.807, 2.05) is 13.1 Å². The third-order valence-corrected chi connectivity index (χ3v) is 3.14. The summed E-state index contributed by atoms with van der Waals surface area (Å²) in [5, 5.41) is 14.8.